The number of H-pyrrole nitrogens is 1. The lowest BCUT2D eigenvalue weighted by Gasteiger charge is -2.09. The standard InChI is InChI=1S/C18H18N4O5/c1-21-15(23)12(16(24)22(2)18(21)27)9-20-14(17(25)26)7-10-8-19-13-6-4-3-5-11(10)13/h3-6,8-9,14,19,23H,7H2,1-2H3,(H,25,26)/t14-/m1/s1. The second-order valence-corrected chi connectivity index (χ2v) is 6.14. The zero-order chi connectivity index (χ0) is 19.7. The fraction of sp³-hybridized carbons (Fsp3) is 0.222. The molecular weight excluding hydrogens is 352 g/mol. The highest BCUT2D eigenvalue weighted by atomic mass is 16.4. The Balaban J connectivity index is 1.98. The van der Waals surface area contributed by atoms with Gasteiger partial charge in [0.25, 0.3) is 5.56 Å². The Kier molecular flexibility index (Phi) is 4.68. The van der Waals surface area contributed by atoms with Gasteiger partial charge < -0.3 is 15.2 Å². The van der Waals surface area contributed by atoms with Gasteiger partial charge in [0.1, 0.15) is 5.56 Å². The molecule has 1 atom stereocenters. The number of nitrogens with zero attached hydrogens (tertiary/aromatic N) is 3. The number of hydrogen-bond donors (Lipinski definition) is 3. The predicted octanol–water partition coefficient (Wildman–Crippen LogP) is 0.386. The first-order valence-corrected chi connectivity index (χ1v) is 8.11. The summed E-state index contributed by atoms with van der Waals surface area (Å²) in [5, 5.41) is 20.4. The second kappa shape index (κ2) is 6.94. The van der Waals surface area contributed by atoms with Crippen molar-refractivity contribution < 1.29 is 15.0 Å². The summed E-state index contributed by atoms with van der Waals surface area (Å²) in [7, 11) is 2.57. The maximum Gasteiger partial charge on any atom is 0.333 e. The number of hydrogen-bond acceptors (Lipinski definition) is 5. The van der Waals surface area contributed by atoms with Crippen molar-refractivity contribution in [1.29, 1.82) is 0 Å². The fourth-order valence-electron chi connectivity index (χ4n) is 2.85. The van der Waals surface area contributed by atoms with Crippen LogP contribution in [-0.2, 0) is 25.3 Å². The number of aliphatic imine (C=N–C) groups is 1. The molecule has 2 aromatic heterocycles. The molecule has 0 bridgehead atoms. The molecule has 1 aromatic carbocycles. The molecule has 140 valence electrons. The van der Waals surface area contributed by atoms with E-state index in [9.17, 15) is 24.6 Å². The van der Waals surface area contributed by atoms with Crippen molar-refractivity contribution in [3.05, 3.63) is 62.4 Å². The van der Waals surface area contributed by atoms with Crippen LogP contribution in [0.3, 0.4) is 0 Å². The van der Waals surface area contributed by atoms with E-state index < -0.39 is 29.1 Å². The third-order valence-corrected chi connectivity index (χ3v) is 4.42. The molecule has 3 aromatic rings. The Bertz CT molecular complexity index is 1170. The van der Waals surface area contributed by atoms with Gasteiger partial charge >= 0.3 is 11.7 Å². The van der Waals surface area contributed by atoms with Crippen molar-refractivity contribution in [2.45, 2.75) is 12.5 Å². The van der Waals surface area contributed by atoms with Crippen molar-refractivity contribution in [3.8, 4) is 5.88 Å². The van der Waals surface area contributed by atoms with Crippen molar-refractivity contribution in [1.82, 2.24) is 14.1 Å². The zero-order valence-corrected chi connectivity index (χ0v) is 14.7. The SMILES string of the molecule is Cn1c(O)c(C=N[C@H](Cc2c[nH]c3ccccc23)C(=O)O)c(=O)n(C)c1=O. The molecule has 0 amide bonds. The van der Waals surface area contributed by atoms with Crippen LogP contribution in [0.2, 0.25) is 0 Å². The topological polar surface area (TPSA) is 130 Å². The van der Waals surface area contributed by atoms with Crippen LogP contribution in [0.5, 0.6) is 5.88 Å². The van der Waals surface area contributed by atoms with E-state index in [1.807, 2.05) is 24.3 Å². The second-order valence-electron chi connectivity index (χ2n) is 6.14. The minimum Gasteiger partial charge on any atom is -0.494 e. The average molecular weight is 370 g/mol. The number of carboxylic acids is 1. The minimum absolute atomic E-state index is 0.0999. The van der Waals surface area contributed by atoms with Crippen LogP contribution in [-0.4, -0.2) is 42.6 Å². The van der Waals surface area contributed by atoms with Gasteiger partial charge in [0.2, 0.25) is 5.88 Å². The number of carboxylic acid groups (broad SMARTS) is 1. The van der Waals surface area contributed by atoms with Crippen LogP contribution in [0, 0.1) is 0 Å². The Hall–Kier alpha value is -3.62. The van der Waals surface area contributed by atoms with Gasteiger partial charge in [-0.2, -0.15) is 0 Å². The maximum atomic E-state index is 12.2. The van der Waals surface area contributed by atoms with Crippen LogP contribution < -0.4 is 11.2 Å². The summed E-state index contributed by atoms with van der Waals surface area (Å²) in [6.07, 6.45) is 2.83. The normalized spacial score (nSPS) is 12.7. The summed E-state index contributed by atoms with van der Waals surface area (Å²) in [5.74, 6) is -1.74. The lowest BCUT2D eigenvalue weighted by molar-refractivity contribution is -0.138. The molecular formula is C18H18N4O5. The highest BCUT2D eigenvalue weighted by Crippen LogP contribution is 2.20. The van der Waals surface area contributed by atoms with E-state index in [4.69, 9.17) is 0 Å². The largest absolute Gasteiger partial charge is 0.494 e. The Morgan fingerprint density at radius 2 is 1.96 bits per heavy atom. The molecule has 0 saturated carbocycles. The molecule has 0 aliphatic carbocycles. The summed E-state index contributed by atoms with van der Waals surface area (Å²) in [5.41, 5.74) is -0.0403. The van der Waals surface area contributed by atoms with Gasteiger partial charge in [-0.25, -0.2) is 9.59 Å². The van der Waals surface area contributed by atoms with E-state index in [2.05, 4.69) is 9.98 Å². The van der Waals surface area contributed by atoms with E-state index in [0.29, 0.717) is 0 Å². The van der Waals surface area contributed by atoms with Gasteiger partial charge in [-0.1, -0.05) is 18.2 Å². The summed E-state index contributed by atoms with van der Waals surface area (Å²) in [4.78, 5) is 42.6. The van der Waals surface area contributed by atoms with Gasteiger partial charge in [0.15, 0.2) is 6.04 Å². The smallest absolute Gasteiger partial charge is 0.333 e. The van der Waals surface area contributed by atoms with Crippen molar-refractivity contribution in [2.75, 3.05) is 0 Å². The molecule has 0 spiro atoms. The number of carbonyl (C=O) groups is 1. The van der Waals surface area contributed by atoms with Crippen LogP contribution in [0.15, 0.2) is 45.0 Å². The monoisotopic (exact) mass is 370 g/mol. The number of rotatable bonds is 5. The first-order chi connectivity index (χ1) is 12.8. The number of aliphatic carboxylic acids is 1. The number of aromatic amines is 1. The molecule has 9 heteroatoms. The Morgan fingerprint density at radius 1 is 1.26 bits per heavy atom. The van der Waals surface area contributed by atoms with E-state index >= 15 is 0 Å². The molecule has 0 aliphatic rings. The van der Waals surface area contributed by atoms with E-state index in [0.717, 1.165) is 31.8 Å². The lowest BCUT2D eigenvalue weighted by atomic mass is 10.1. The third-order valence-electron chi connectivity index (χ3n) is 4.42. The molecule has 2 heterocycles. The quantitative estimate of drug-likeness (QED) is 0.559. The third kappa shape index (κ3) is 3.26. The van der Waals surface area contributed by atoms with Gasteiger partial charge in [0.05, 0.1) is 0 Å². The molecule has 0 unspecified atom stereocenters. The lowest BCUT2D eigenvalue weighted by Crippen LogP contribution is -2.38. The summed E-state index contributed by atoms with van der Waals surface area (Å²) < 4.78 is 1.70. The minimum atomic E-state index is -1.17. The first-order valence-electron chi connectivity index (χ1n) is 8.11. The van der Waals surface area contributed by atoms with Gasteiger partial charge in [-0.05, 0) is 11.6 Å². The number of para-hydroxylation sites is 1. The molecule has 27 heavy (non-hydrogen) atoms. The number of aromatic hydroxyl groups is 1. The highest BCUT2D eigenvalue weighted by molar-refractivity contribution is 5.87. The number of aromatic nitrogens is 3. The molecule has 0 radical (unpaired) electrons. The van der Waals surface area contributed by atoms with Gasteiger partial charge in [0, 0.05) is 43.8 Å². The van der Waals surface area contributed by atoms with Crippen molar-refractivity contribution in [2.24, 2.45) is 19.1 Å². The van der Waals surface area contributed by atoms with Crippen LogP contribution in [0.1, 0.15) is 11.1 Å². The van der Waals surface area contributed by atoms with Crippen LogP contribution >= 0.6 is 0 Å². The van der Waals surface area contributed by atoms with Crippen molar-refractivity contribution >= 4 is 23.1 Å². The zero-order valence-electron chi connectivity index (χ0n) is 14.7. The van der Waals surface area contributed by atoms with Crippen molar-refractivity contribution in [3.63, 3.8) is 0 Å². The van der Waals surface area contributed by atoms with Gasteiger partial charge in [-0.3, -0.25) is 18.9 Å². The van der Waals surface area contributed by atoms with E-state index in [-0.39, 0.29) is 12.0 Å². The maximum absolute atomic E-state index is 12.2. The molecule has 3 N–H and O–H groups in total. The summed E-state index contributed by atoms with van der Waals surface area (Å²) >= 11 is 0. The van der Waals surface area contributed by atoms with Crippen LogP contribution in [0.25, 0.3) is 10.9 Å². The Morgan fingerprint density at radius 3 is 2.67 bits per heavy atom. The molecule has 0 fully saturated rings. The predicted molar refractivity (Wildman–Crippen MR) is 99.6 cm³/mol. The number of nitrogens with one attached hydrogen (secondary N) is 1. The van der Waals surface area contributed by atoms with Gasteiger partial charge in [-0.15, -0.1) is 0 Å². The molecule has 9 nitrogen and oxygen atoms in total. The number of fused-ring (bicyclic) bond motifs is 1. The summed E-state index contributed by atoms with van der Waals surface area (Å²) in [6.45, 7) is 0. The molecule has 0 saturated heterocycles. The van der Waals surface area contributed by atoms with E-state index in [1.165, 1.54) is 14.1 Å². The van der Waals surface area contributed by atoms with Crippen LogP contribution in [0.4, 0.5) is 0 Å². The summed E-state index contributed by atoms with van der Waals surface area (Å²) in [6, 6.07) is 6.31. The highest BCUT2D eigenvalue weighted by Gasteiger charge is 2.20. The fourth-order valence-corrected chi connectivity index (χ4v) is 2.85. The molecule has 0 aliphatic heterocycles. The first kappa shape index (κ1) is 18.2. The Labute approximate surface area is 152 Å². The number of benzene rings is 1. The average Bonchev–Trinajstić information content (AvgIpc) is 3.06. The molecule has 3 rings (SSSR count). The van der Waals surface area contributed by atoms with E-state index in [1.54, 1.807) is 6.20 Å².